The first-order valence-electron chi connectivity index (χ1n) is 5.54. The van der Waals surface area contributed by atoms with E-state index >= 15 is 0 Å². The lowest BCUT2D eigenvalue weighted by Gasteiger charge is -2.23. The van der Waals surface area contributed by atoms with Crippen LogP contribution in [0, 0.1) is 17.6 Å². The molecule has 88 valence electrons. The molecule has 0 aliphatic carbocycles. The number of hydrogen-bond donors (Lipinski definition) is 2. The first-order valence-corrected chi connectivity index (χ1v) is 5.54. The molecule has 1 aromatic carbocycles. The molecule has 2 rings (SSSR count). The first-order chi connectivity index (χ1) is 7.66. The van der Waals surface area contributed by atoms with Gasteiger partial charge in [-0.15, -0.1) is 0 Å². The van der Waals surface area contributed by atoms with Crippen molar-refractivity contribution in [3.05, 3.63) is 29.3 Å². The van der Waals surface area contributed by atoms with Gasteiger partial charge in [-0.3, -0.25) is 0 Å². The third-order valence-corrected chi connectivity index (χ3v) is 3.02. The van der Waals surface area contributed by atoms with Gasteiger partial charge >= 0.3 is 0 Å². The fourth-order valence-electron chi connectivity index (χ4n) is 2.17. The van der Waals surface area contributed by atoms with Crippen molar-refractivity contribution in [1.29, 1.82) is 0 Å². The average Bonchev–Trinajstić information content (AvgIpc) is 2.25. The second-order valence-corrected chi connectivity index (χ2v) is 4.30. The van der Waals surface area contributed by atoms with Gasteiger partial charge in [-0.1, -0.05) is 0 Å². The quantitative estimate of drug-likeness (QED) is 0.812. The number of phenols is 1. The van der Waals surface area contributed by atoms with Crippen LogP contribution in [0.3, 0.4) is 0 Å². The summed E-state index contributed by atoms with van der Waals surface area (Å²) in [7, 11) is 0. The van der Waals surface area contributed by atoms with Gasteiger partial charge in [-0.2, -0.15) is 0 Å². The molecule has 0 aromatic heterocycles. The highest BCUT2D eigenvalue weighted by atomic mass is 19.1. The van der Waals surface area contributed by atoms with Crippen LogP contribution in [0.2, 0.25) is 0 Å². The summed E-state index contributed by atoms with van der Waals surface area (Å²) in [4.78, 5) is 0. The average molecular weight is 227 g/mol. The predicted molar refractivity (Wildman–Crippen MR) is 57.3 cm³/mol. The van der Waals surface area contributed by atoms with Crippen molar-refractivity contribution < 1.29 is 13.9 Å². The molecule has 0 radical (unpaired) electrons. The maximum Gasteiger partial charge on any atom is 0.133 e. The Hall–Kier alpha value is -1.16. The van der Waals surface area contributed by atoms with Gasteiger partial charge in [0.2, 0.25) is 0 Å². The summed E-state index contributed by atoms with van der Waals surface area (Å²) < 4.78 is 26.9. The smallest absolute Gasteiger partial charge is 0.133 e. The topological polar surface area (TPSA) is 32.3 Å². The van der Waals surface area contributed by atoms with E-state index < -0.39 is 11.6 Å². The largest absolute Gasteiger partial charge is 0.508 e. The van der Waals surface area contributed by atoms with Gasteiger partial charge in [0.15, 0.2) is 0 Å². The summed E-state index contributed by atoms with van der Waals surface area (Å²) in [5, 5.41) is 12.2. The highest BCUT2D eigenvalue weighted by Gasteiger charge is 2.18. The van der Waals surface area contributed by atoms with E-state index in [1.165, 1.54) is 0 Å². The Kier molecular flexibility index (Phi) is 3.39. The summed E-state index contributed by atoms with van der Waals surface area (Å²) >= 11 is 0. The van der Waals surface area contributed by atoms with E-state index in [2.05, 4.69) is 5.32 Å². The summed E-state index contributed by atoms with van der Waals surface area (Å²) in [5.74, 6) is -1.38. The summed E-state index contributed by atoms with van der Waals surface area (Å²) in [6, 6.07) is 1.93. The number of hydrogen-bond acceptors (Lipinski definition) is 2. The van der Waals surface area contributed by atoms with Crippen LogP contribution in [0.15, 0.2) is 12.1 Å². The number of nitrogens with one attached hydrogen (secondary N) is 1. The molecule has 1 fully saturated rings. The number of piperidine rings is 1. The lowest BCUT2D eigenvalue weighted by molar-refractivity contribution is 0.365. The van der Waals surface area contributed by atoms with E-state index in [1.54, 1.807) is 0 Å². The van der Waals surface area contributed by atoms with Gasteiger partial charge in [0.05, 0.1) is 0 Å². The molecular formula is C12H15F2NO. The van der Waals surface area contributed by atoms with Crippen LogP contribution >= 0.6 is 0 Å². The predicted octanol–water partition coefficient (Wildman–Crippen LogP) is 2.21. The molecule has 1 aliphatic rings. The second-order valence-electron chi connectivity index (χ2n) is 4.30. The second kappa shape index (κ2) is 4.78. The monoisotopic (exact) mass is 227 g/mol. The molecule has 1 aromatic rings. The third-order valence-electron chi connectivity index (χ3n) is 3.02. The molecule has 0 amide bonds. The minimum atomic E-state index is -0.650. The Morgan fingerprint density at radius 1 is 1.31 bits per heavy atom. The molecule has 2 nitrogen and oxygen atoms in total. The summed E-state index contributed by atoms with van der Waals surface area (Å²) in [6.45, 7) is 1.79. The van der Waals surface area contributed by atoms with Gasteiger partial charge in [0, 0.05) is 17.7 Å². The molecule has 1 unspecified atom stereocenters. The maximum atomic E-state index is 13.4. The summed E-state index contributed by atoms with van der Waals surface area (Å²) in [5.41, 5.74) is 0.0894. The number of benzene rings is 1. The number of halogens is 2. The molecular weight excluding hydrogens is 212 g/mol. The molecule has 1 atom stereocenters. The highest BCUT2D eigenvalue weighted by Crippen LogP contribution is 2.24. The summed E-state index contributed by atoms with van der Waals surface area (Å²) in [6.07, 6.45) is 2.43. The van der Waals surface area contributed by atoms with E-state index in [0.29, 0.717) is 6.42 Å². The molecule has 0 spiro atoms. The highest BCUT2D eigenvalue weighted by molar-refractivity contribution is 5.29. The van der Waals surface area contributed by atoms with Gasteiger partial charge in [0.1, 0.15) is 17.4 Å². The van der Waals surface area contributed by atoms with Crippen LogP contribution in [-0.4, -0.2) is 18.2 Å². The zero-order chi connectivity index (χ0) is 11.5. The van der Waals surface area contributed by atoms with Gasteiger partial charge in [-0.05, 0) is 38.3 Å². The van der Waals surface area contributed by atoms with Crippen molar-refractivity contribution in [2.45, 2.75) is 19.3 Å². The van der Waals surface area contributed by atoms with E-state index in [4.69, 9.17) is 5.11 Å². The molecule has 1 aliphatic heterocycles. The molecule has 1 saturated heterocycles. The van der Waals surface area contributed by atoms with Gasteiger partial charge in [0.25, 0.3) is 0 Å². The van der Waals surface area contributed by atoms with Crippen LogP contribution in [0.5, 0.6) is 5.75 Å². The van der Waals surface area contributed by atoms with E-state index in [1.807, 2.05) is 0 Å². The Labute approximate surface area is 93.3 Å². The first kappa shape index (κ1) is 11.3. The zero-order valence-electron chi connectivity index (χ0n) is 8.97. The minimum Gasteiger partial charge on any atom is -0.508 e. The van der Waals surface area contributed by atoms with Crippen molar-refractivity contribution in [3.8, 4) is 5.75 Å². The van der Waals surface area contributed by atoms with Crippen molar-refractivity contribution in [2.24, 2.45) is 5.92 Å². The fourth-order valence-corrected chi connectivity index (χ4v) is 2.17. The van der Waals surface area contributed by atoms with Crippen LogP contribution in [0.4, 0.5) is 8.78 Å². The van der Waals surface area contributed by atoms with Gasteiger partial charge in [-0.25, -0.2) is 8.78 Å². The Morgan fingerprint density at radius 2 is 2.00 bits per heavy atom. The SMILES string of the molecule is Oc1cc(F)c(CC2CCCNC2)c(F)c1. The minimum absolute atomic E-state index is 0.0894. The van der Waals surface area contributed by atoms with Crippen LogP contribution in [0.1, 0.15) is 18.4 Å². The normalized spacial score (nSPS) is 21.0. The molecule has 1 heterocycles. The van der Waals surface area contributed by atoms with E-state index in [-0.39, 0.29) is 17.2 Å². The third kappa shape index (κ3) is 2.50. The van der Waals surface area contributed by atoms with Gasteiger partial charge < -0.3 is 10.4 Å². The van der Waals surface area contributed by atoms with Crippen molar-refractivity contribution in [2.75, 3.05) is 13.1 Å². The number of phenolic OH excluding ortho intramolecular Hbond substituents is 1. The molecule has 0 saturated carbocycles. The standard InChI is InChI=1S/C12H15F2NO/c13-11-5-9(16)6-12(14)10(11)4-8-2-1-3-15-7-8/h5-6,8,15-16H,1-4,7H2. The van der Waals surface area contributed by atoms with Crippen LogP contribution in [-0.2, 0) is 6.42 Å². The maximum absolute atomic E-state index is 13.4. The Balaban J connectivity index is 2.14. The molecule has 2 N–H and O–H groups in total. The molecule has 0 bridgehead atoms. The Bertz CT molecular complexity index is 352. The molecule has 4 heteroatoms. The van der Waals surface area contributed by atoms with Crippen molar-refractivity contribution in [1.82, 2.24) is 5.32 Å². The van der Waals surface area contributed by atoms with Crippen LogP contribution < -0.4 is 5.32 Å². The lowest BCUT2D eigenvalue weighted by atomic mass is 9.92. The number of rotatable bonds is 2. The van der Waals surface area contributed by atoms with Crippen molar-refractivity contribution in [3.63, 3.8) is 0 Å². The number of aromatic hydroxyl groups is 1. The molecule has 16 heavy (non-hydrogen) atoms. The fraction of sp³-hybridized carbons (Fsp3) is 0.500. The zero-order valence-corrected chi connectivity index (χ0v) is 8.97. The van der Waals surface area contributed by atoms with Crippen LogP contribution in [0.25, 0.3) is 0 Å². The van der Waals surface area contributed by atoms with E-state index in [9.17, 15) is 8.78 Å². The van der Waals surface area contributed by atoms with E-state index in [0.717, 1.165) is 38.1 Å². The lowest BCUT2D eigenvalue weighted by Crippen LogP contribution is -2.31. The Morgan fingerprint density at radius 3 is 2.56 bits per heavy atom. The van der Waals surface area contributed by atoms with Crippen molar-refractivity contribution >= 4 is 0 Å².